The van der Waals surface area contributed by atoms with Gasteiger partial charge in [0, 0.05) is 5.69 Å². The molecule has 6 nitrogen and oxygen atoms in total. The molecule has 1 fully saturated rings. The highest BCUT2D eigenvalue weighted by Crippen LogP contribution is 2.22. The first kappa shape index (κ1) is 19.4. The van der Waals surface area contributed by atoms with E-state index >= 15 is 0 Å². The number of anilines is 1. The predicted octanol–water partition coefficient (Wildman–Crippen LogP) is 1.58. The fourth-order valence-electron chi connectivity index (χ4n) is 2.41. The lowest BCUT2D eigenvalue weighted by Crippen LogP contribution is -2.36. The molecule has 1 aliphatic carbocycles. The summed E-state index contributed by atoms with van der Waals surface area (Å²) in [5.41, 5.74) is 6.92. The van der Waals surface area contributed by atoms with Crippen LogP contribution in [0.5, 0.6) is 0 Å². The Morgan fingerprint density at radius 2 is 1.78 bits per heavy atom. The SMILES string of the molecule is Cl.NCC(=O)NCC(=O)Nc1ccc(COC2CCCC2)cc1. The van der Waals surface area contributed by atoms with E-state index in [1.54, 1.807) is 0 Å². The maximum Gasteiger partial charge on any atom is 0.243 e. The molecule has 1 aromatic rings. The van der Waals surface area contributed by atoms with Gasteiger partial charge in [-0.25, -0.2) is 0 Å². The van der Waals surface area contributed by atoms with Crippen LogP contribution in [0.1, 0.15) is 31.2 Å². The molecule has 7 heteroatoms. The number of carbonyl (C=O) groups is 2. The van der Waals surface area contributed by atoms with Gasteiger partial charge in [0.1, 0.15) is 0 Å². The van der Waals surface area contributed by atoms with Gasteiger partial charge in [-0.15, -0.1) is 12.4 Å². The zero-order chi connectivity index (χ0) is 15.8. The first-order valence-electron chi connectivity index (χ1n) is 7.64. The van der Waals surface area contributed by atoms with Crippen molar-refractivity contribution in [1.29, 1.82) is 0 Å². The minimum absolute atomic E-state index is 0. The molecule has 0 heterocycles. The Labute approximate surface area is 142 Å². The number of nitrogens with one attached hydrogen (secondary N) is 2. The van der Waals surface area contributed by atoms with Crippen molar-refractivity contribution in [1.82, 2.24) is 5.32 Å². The Morgan fingerprint density at radius 3 is 2.39 bits per heavy atom. The van der Waals surface area contributed by atoms with Crippen LogP contribution in [0, 0.1) is 0 Å². The fraction of sp³-hybridized carbons (Fsp3) is 0.500. The van der Waals surface area contributed by atoms with E-state index in [-0.39, 0.29) is 37.3 Å². The van der Waals surface area contributed by atoms with Gasteiger partial charge >= 0.3 is 0 Å². The van der Waals surface area contributed by atoms with E-state index in [2.05, 4.69) is 10.6 Å². The number of hydrogen-bond acceptors (Lipinski definition) is 4. The molecule has 0 unspecified atom stereocenters. The normalized spacial score (nSPS) is 14.1. The predicted molar refractivity (Wildman–Crippen MR) is 91.4 cm³/mol. The molecule has 0 aliphatic heterocycles. The largest absolute Gasteiger partial charge is 0.374 e. The second-order valence-corrected chi connectivity index (χ2v) is 5.44. The van der Waals surface area contributed by atoms with Gasteiger partial charge in [0.05, 0.1) is 25.8 Å². The first-order valence-corrected chi connectivity index (χ1v) is 7.64. The van der Waals surface area contributed by atoms with Gasteiger partial charge in [0.25, 0.3) is 0 Å². The number of halogens is 1. The topological polar surface area (TPSA) is 93.5 Å². The van der Waals surface area contributed by atoms with E-state index in [9.17, 15) is 9.59 Å². The summed E-state index contributed by atoms with van der Waals surface area (Å²) >= 11 is 0. The molecule has 2 rings (SSSR count). The number of amides is 2. The van der Waals surface area contributed by atoms with Crippen LogP contribution >= 0.6 is 12.4 Å². The Balaban J connectivity index is 0.00000264. The van der Waals surface area contributed by atoms with E-state index < -0.39 is 0 Å². The lowest BCUT2D eigenvalue weighted by Gasteiger charge is -2.11. The smallest absolute Gasteiger partial charge is 0.243 e. The third-order valence-corrected chi connectivity index (χ3v) is 3.66. The number of benzene rings is 1. The quantitative estimate of drug-likeness (QED) is 0.702. The molecule has 23 heavy (non-hydrogen) atoms. The molecular formula is C16H24ClN3O3. The van der Waals surface area contributed by atoms with Crippen molar-refractivity contribution in [2.24, 2.45) is 5.73 Å². The number of rotatable bonds is 7. The molecule has 1 aromatic carbocycles. The molecule has 0 spiro atoms. The van der Waals surface area contributed by atoms with Gasteiger partial charge < -0.3 is 21.1 Å². The maximum absolute atomic E-state index is 11.6. The Kier molecular flexibility index (Phi) is 8.61. The summed E-state index contributed by atoms with van der Waals surface area (Å²) in [4.78, 5) is 22.6. The van der Waals surface area contributed by atoms with Gasteiger partial charge in [-0.1, -0.05) is 25.0 Å². The molecule has 1 aliphatic rings. The lowest BCUT2D eigenvalue weighted by molar-refractivity contribution is -0.123. The Bertz CT molecular complexity index is 502. The van der Waals surface area contributed by atoms with E-state index in [0.29, 0.717) is 18.4 Å². The van der Waals surface area contributed by atoms with Gasteiger partial charge in [0.15, 0.2) is 0 Å². The van der Waals surface area contributed by atoms with Crippen LogP contribution in [0.15, 0.2) is 24.3 Å². The standard InChI is InChI=1S/C16H23N3O3.ClH/c17-9-15(20)18-10-16(21)19-13-7-5-12(6-8-13)11-22-14-3-1-2-4-14;/h5-8,14H,1-4,9-11,17H2,(H,18,20)(H,19,21);1H. The van der Waals surface area contributed by atoms with E-state index in [4.69, 9.17) is 10.5 Å². The minimum Gasteiger partial charge on any atom is -0.374 e. The van der Waals surface area contributed by atoms with Crippen molar-refractivity contribution < 1.29 is 14.3 Å². The van der Waals surface area contributed by atoms with E-state index in [1.807, 2.05) is 24.3 Å². The summed E-state index contributed by atoms with van der Waals surface area (Å²) < 4.78 is 5.84. The van der Waals surface area contributed by atoms with Crippen molar-refractivity contribution >= 4 is 29.9 Å². The Morgan fingerprint density at radius 1 is 1.13 bits per heavy atom. The van der Waals surface area contributed by atoms with Crippen molar-refractivity contribution in [3.63, 3.8) is 0 Å². The molecule has 0 bridgehead atoms. The number of ether oxygens (including phenoxy) is 1. The molecule has 1 saturated carbocycles. The fourth-order valence-corrected chi connectivity index (χ4v) is 2.41. The van der Waals surface area contributed by atoms with Crippen LogP contribution in [0.25, 0.3) is 0 Å². The highest BCUT2D eigenvalue weighted by Gasteiger charge is 2.15. The molecule has 0 radical (unpaired) electrons. The Hall–Kier alpha value is -1.63. The van der Waals surface area contributed by atoms with Crippen LogP contribution < -0.4 is 16.4 Å². The summed E-state index contributed by atoms with van der Waals surface area (Å²) in [7, 11) is 0. The van der Waals surface area contributed by atoms with E-state index in [1.165, 1.54) is 12.8 Å². The maximum atomic E-state index is 11.6. The molecule has 0 saturated heterocycles. The third-order valence-electron chi connectivity index (χ3n) is 3.66. The summed E-state index contributed by atoms with van der Waals surface area (Å²) in [5.74, 6) is -0.633. The van der Waals surface area contributed by atoms with Crippen molar-refractivity contribution in [2.45, 2.75) is 38.4 Å². The lowest BCUT2D eigenvalue weighted by atomic mass is 10.2. The summed E-state index contributed by atoms with van der Waals surface area (Å²) in [5, 5.41) is 5.13. The summed E-state index contributed by atoms with van der Waals surface area (Å²) in [6, 6.07) is 7.53. The zero-order valence-electron chi connectivity index (χ0n) is 13.0. The van der Waals surface area contributed by atoms with Gasteiger partial charge in [-0.3, -0.25) is 9.59 Å². The van der Waals surface area contributed by atoms with Crippen LogP contribution in [0.2, 0.25) is 0 Å². The second kappa shape index (κ2) is 10.2. The van der Waals surface area contributed by atoms with Crippen LogP contribution in [-0.4, -0.2) is 31.0 Å². The van der Waals surface area contributed by atoms with Gasteiger partial charge in [0.2, 0.25) is 11.8 Å². The third kappa shape index (κ3) is 6.99. The molecule has 128 valence electrons. The second-order valence-electron chi connectivity index (χ2n) is 5.44. The summed E-state index contributed by atoms with van der Waals surface area (Å²) in [6.07, 6.45) is 5.23. The molecule has 0 aromatic heterocycles. The van der Waals surface area contributed by atoms with Crippen molar-refractivity contribution in [3.05, 3.63) is 29.8 Å². The minimum atomic E-state index is -0.352. The number of hydrogen-bond donors (Lipinski definition) is 3. The highest BCUT2D eigenvalue weighted by atomic mass is 35.5. The zero-order valence-corrected chi connectivity index (χ0v) is 13.9. The molecule has 2 amide bonds. The number of carbonyl (C=O) groups excluding carboxylic acids is 2. The molecule has 0 atom stereocenters. The molecule has 4 N–H and O–H groups in total. The first-order chi connectivity index (χ1) is 10.7. The molecular weight excluding hydrogens is 318 g/mol. The average Bonchev–Trinajstić information content (AvgIpc) is 3.05. The van der Waals surface area contributed by atoms with Crippen molar-refractivity contribution in [2.75, 3.05) is 18.4 Å². The van der Waals surface area contributed by atoms with Crippen LogP contribution in [-0.2, 0) is 20.9 Å². The highest BCUT2D eigenvalue weighted by molar-refractivity contribution is 5.94. The number of nitrogens with two attached hydrogens (primary N) is 1. The van der Waals surface area contributed by atoms with Crippen molar-refractivity contribution in [3.8, 4) is 0 Å². The monoisotopic (exact) mass is 341 g/mol. The van der Waals surface area contributed by atoms with E-state index in [0.717, 1.165) is 18.4 Å². The van der Waals surface area contributed by atoms with Crippen LogP contribution in [0.4, 0.5) is 5.69 Å². The van der Waals surface area contributed by atoms with Gasteiger partial charge in [-0.2, -0.15) is 0 Å². The van der Waals surface area contributed by atoms with Crippen LogP contribution in [0.3, 0.4) is 0 Å². The summed E-state index contributed by atoms with van der Waals surface area (Å²) in [6.45, 7) is 0.400. The average molecular weight is 342 g/mol. The van der Waals surface area contributed by atoms with Gasteiger partial charge in [-0.05, 0) is 30.5 Å².